The minimum atomic E-state index is -0.978. The van der Waals surface area contributed by atoms with Gasteiger partial charge in [-0.15, -0.1) is 11.8 Å². The predicted molar refractivity (Wildman–Crippen MR) is 99.6 cm³/mol. The van der Waals surface area contributed by atoms with Crippen LogP contribution in [0.15, 0.2) is 53.4 Å². The standard InChI is InChI=1S/C20H18N2O2S/c1-12(2)13-7-9-14(10-8-13)22-19-15-5-3-4-6-17(15)25-11-16(19)18(21-22)20(23)24/h3-10,12H,11H2,1-2H3,(H,23,24). The molecule has 1 aromatic heterocycles. The van der Waals surface area contributed by atoms with Crippen LogP contribution in [0.2, 0.25) is 0 Å². The van der Waals surface area contributed by atoms with Gasteiger partial charge in [-0.05, 0) is 29.7 Å². The molecule has 25 heavy (non-hydrogen) atoms. The zero-order valence-electron chi connectivity index (χ0n) is 14.1. The summed E-state index contributed by atoms with van der Waals surface area (Å²) in [5, 5.41) is 14.0. The smallest absolute Gasteiger partial charge is 0.356 e. The van der Waals surface area contributed by atoms with Crippen molar-refractivity contribution in [3.63, 3.8) is 0 Å². The van der Waals surface area contributed by atoms with Crippen molar-refractivity contribution in [3.8, 4) is 16.9 Å². The number of rotatable bonds is 3. The highest BCUT2D eigenvalue weighted by molar-refractivity contribution is 7.98. The molecule has 1 aliphatic rings. The molecule has 2 aromatic carbocycles. The molecule has 0 radical (unpaired) electrons. The molecule has 5 heteroatoms. The number of carboxylic acid groups (broad SMARTS) is 1. The molecule has 0 fully saturated rings. The fourth-order valence-corrected chi connectivity index (χ4v) is 4.23. The Morgan fingerprint density at radius 2 is 1.88 bits per heavy atom. The van der Waals surface area contributed by atoms with Gasteiger partial charge in [-0.2, -0.15) is 5.10 Å². The minimum absolute atomic E-state index is 0.143. The number of hydrogen-bond acceptors (Lipinski definition) is 3. The van der Waals surface area contributed by atoms with Crippen molar-refractivity contribution < 1.29 is 9.90 Å². The number of fused-ring (bicyclic) bond motifs is 3. The number of aromatic carboxylic acids is 1. The Morgan fingerprint density at radius 1 is 1.16 bits per heavy atom. The summed E-state index contributed by atoms with van der Waals surface area (Å²) >= 11 is 1.66. The number of thioether (sulfide) groups is 1. The molecule has 1 aliphatic heterocycles. The molecule has 0 saturated heterocycles. The fourth-order valence-electron chi connectivity index (χ4n) is 3.16. The Balaban J connectivity index is 1.94. The fraction of sp³-hybridized carbons (Fsp3) is 0.200. The Morgan fingerprint density at radius 3 is 2.56 bits per heavy atom. The van der Waals surface area contributed by atoms with Crippen molar-refractivity contribution in [1.82, 2.24) is 9.78 Å². The summed E-state index contributed by atoms with van der Waals surface area (Å²) in [4.78, 5) is 12.8. The van der Waals surface area contributed by atoms with Gasteiger partial charge in [-0.1, -0.05) is 44.2 Å². The number of aromatic nitrogens is 2. The van der Waals surface area contributed by atoms with E-state index in [1.807, 2.05) is 30.3 Å². The quantitative estimate of drug-likeness (QED) is 0.725. The van der Waals surface area contributed by atoms with E-state index in [4.69, 9.17) is 0 Å². The first-order valence-corrected chi connectivity index (χ1v) is 9.22. The largest absolute Gasteiger partial charge is 0.476 e. The van der Waals surface area contributed by atoms with Crippen molar-refractivity contribution in [3.05, 3.63) is 65.4 Å². The molecule has 0 bridgehead atoms. The van der Waals surface area contributed by atoms with E-state index < -0.39 is 5.97 Å². The highest BCUT2D eigenvalue weighted by atomic mass is 32.2. The maximum atomic E-state index is 11.7. The molecular formula is C20H18N2O2S. The minimum Gasteiger partial charge on any atom is -0.476 e. The second kappa shape index (κ2) is 6.08. The van der Waals surface area contributed by atoms with Crippen LogP contribution in [0.25, 0.3) is 16.9 Å². The summed E-state index contributed by atoms with van der Waals surface area (Å²) in [6.45, 7) is 4.31. The lowest BCUT2D eigenvalue weighted by Crippen LogP contribution is -2.03. The number of carbonyl (C=O) groups is 1. The van der Waals surface area contributed by atoms with Gasteiger partial charge in [-0.25, -0.2) is 9.48 Å². The number of benzene rings is 2. The summed E-state index contributed by atoms with van der Waals surface area (Å²) in [6, 6.07) is 16.3. The molecule has 126 valence electrons. The Bertz CT molecular complexity index is 958. The number of carboxylic acids is 1. The van der Waals surface area contributed by atoms with Gasteiger partial charge in [0.15, 0.2) is 5.69 Å². The van der Waals surface area contributed by atoms with Crippen LogP contribution >= 0.6 is 11.8 Å². The van der Waals surface area contributed by atoms with E-state index in [9.17, 15) is 9.90 Å². The van der Waals surface area contributed by atoms with Gasteiger partial charge in [-0.3, -0.25) is 0 Å². The monoisotopic (exact) mass is 350 g/mol. The zero-order valence-corrected chi connectivity index (χ0v) is 14.9. The molecule has 0 amide bonds. The topological polar surface area (TPSA) is 55.1 Å². The van der Waals surface area contributed by atoms with E-state index in [1.54, 1.807) is 16.4 Å². The number of nitrogens with zero attached hydrogens (tertiary/aromatic N) is 2. The van der Waals surface area contributed by atoms with E-state index >= 15 is 0 Å². The molecule has 4 rings (SSSR count). The first kappa shape index (κ1) is 16.0. The maximum Gasteiger partial charge on any atom is 0.356 e. The Hall–Kier alpha value is -2.53. The van der Waals surface area contributed by atoms with E-state index in [0.29, 0.717) is 11.7 Å². The highest BCUT2D eigenvalue weighted by Crippen LogP contribution is 2.43. The summed E-state index contributed by atoms with van der Waals surface area (Å²) in [5.41, 5.74) is 5.01. The molecule has 0 saturated carbocycles. The van der Waals surface area contributed by atoms with Gasteiger partial charge in [0.25, 0.3) is 0 Å². The van der Waals surface area contributed by atoms with Crippen LogP contribution in [0.3, 0.4) is 0 Å². The zero-order chi connectivity index (χ0) is 17.6. The van der Waals surface area contributed by atoms with Crippen LogP contribution in [-0.4, -0.2) is 20.9 Å². The SMILES string of the molecule is CC(C)c1ccc(-n2nc(C(=O)O)c3c2-c2ccccc2SC3)cc1. The highest BCUT2D eigenvalue weighted by Gasteiger charge is 2.28. The van der Waals surface area contributed by atoms with Crippen LogP contribution in [-0.2, 0) is 5.75 Å². The van der Waals surface area contributed by atoms with Gasteiger partial charge >= 0.3 is 5.97 Å². The third-order valence-corrected chi connectivity index (χ3v) is 5.60. The lowest BCUT2D eigenvalue weighted by atomic mass is 10.0. The normalized spacial score (nSPS) is 12.8. The Labute approximate surface area is 150 Å². The van der Waals surface area contributed by atoms with Crippen LogP contribution in [0.5, 0.6) is 0 Å². The first-order valence-electron chi connectivity index (χ1n) is 8.24. The summed E-state index contributed by atoms with van der Waals surface area (Å²) < 4.78 is 1.78. The van der Waals surface area contributed by atoms with Crippen molar-refractivity contribution in [2.45, 2.75) is 30.4 Å². The maximum absolute atomic E-state index is 11.7. The van der Waals surface area contributed by atoms with Crippen LogP contribution in [0.1, 0.15) is 41.4 Å². The second-order valence-electron chi connectivity index (χ2n) is 6.42. The lowest BCUT2D eigenvalue weighted by Gasteiger charge is -2.18. The average molecular weight is 350 g/mol. The van der Waals surface area contributed by atoms with E-state index in [0.717, 1.165) is 27.4 Å². The summed E-state index contributed by atoms with van der Waals surface area (Å²) in [7, 11) is 0. The first-order chi connectivity index (χ1) is 12.1. The Kier molecular flexibility index (Phi) is 3.88. The van der Waals surface area contributed by atoms with E-state index in [1.165, 1.54) is 5.56 Å². The predicted octanol–water partition coefficient (Wildman–Crippen LogP) is 4.97. The van der Waals surface area contributed by atoms with Crippen LogP contribution in [0.4, 0.5) is 0 Å². The molecular weight excluding hydrogens is 332 g/mol. The molecule has 0 aliphatic carbocycles. The van der Waals surface area contributed by atoms with Gasteiger partial charge in [0, 0.05) is 21.8 Å². The average Bonchev–Trinajstić information content (AvgIpc) is 3.02. The molecule has 4 nitrogen and oxygen atoms in total. The van der Waals surface area contributed by atoms with Crippen molar-refractivity contribution in [1.29, 1.82) is 0 Å². The van der Waals surface area contributed by atoms with Gasteiger partial charge < -0.3 is 5.11 Å². The lowest BCUT2D eigenvalue weighted by molar-refractivity contribution is 0.0689. The third kappa shape index (κ3) is 2.65. The van der Waals surface area contributed by atoms with E-state index in [-0.39, 0.29) is 5.69 Å². The molecule has 0 atom stereocenters. The van der Waals surface area contributed by atoms with Crippen molar-refractivity contribution in [2.75, 3.05) is 0 Å². The van der Waals surface area contributed by atoms with Gasteiger partial charge in [0.2, 0.25) is 0 Å². The molecule has 0 spiro atoms. The second-order valence-corrected chi connectivity index (χ2v) is 7.44. The molecule has 2 heterocycles. The van der Waals surface area contributed by atoms with Gasteiger partial charge in [0.05, 0.1) is 11.4 Å². The van der Waals surface area contributed by atoms with Crippen molar-refractivity contribution >= 4 is 17.7 Å². The molecule has 0 unspecified atom stereocenters. The molecule has 1 N–H and O–H groups in total. The molecule has 3 aromatic rings. The van der Waals surface area contributed by atoms with Crippen LogP contribution in [0, 0.1) is 0 Å². The summed E-state index contributed by atoms with van der Waals surface area (Å²) in [6.07, 6.45) is 0. The third-order valence-electron chi connectivity index (χ3n) is 4.50. The van der Waals surface area contributed by atoms with Crippen LogP contribution < -0.4 is 0 Å². The van der Waals surface area contributed by atoms with E-state index in [2.05, 4.69) is 37.1 Å². The van der Waals surface area contributed by atoms with Crippen molar-refractivity contribution in [2.24, 2.45) is 0 Å². The van der Waals surface area contributed by atoms with Gasteiger partial charge in [0.1, 0.15) is 0 Å². The summed E-state index contributed by atoms with van der Waals surface area (Å²) in [5.74, 6) is 0.0963. The number of hydrogen-bond donors (Lipinski definition) is 1.